The number of aromatic nitrogens is 2. The molecule has 0 aromatic carbocycles. The van der Waals surface area contributed by atoms with Gasteiger partial charge in [-0.2, -0.15) is 24.5 Å². The van der Waals surface area contributed by atoms with Gasteiger partial charge in [-0.05, 0) is 23.9 Å². The zero-order valence-corrected chi connectivity index (χ0v) is 13.5. The summed E-state index contributed by atoms with van der Waals surface area (Å²) in [4.78, 5) is 23.4. The third-order valence-electron chi connectivity index (χ3n) is 3.77. The zero-order chi connectivity index (χ0) is 17.2. The van der Waals surface area contributed by atoms with Crippen LogP contribution in [0.2, 0.25) is 0 Å². The van der Waals surface area contributed by atoms with Crippen LogP contribution in [0.15, 0.2) is 29.1 Å². The lowest BCUT2D eigenvalue weighted by Crippen LogP contribution is -2.35. The number of thiophene rings is 1. The maximum absolute atomic E-state index is 12.8. The van der Waals surface area contributed by atoms with Crippen LogP contribution in [-0.4, -0.2) is 47.0 Å². The normalized spacial score (nSPS) is 16.1. The Morgan fingerprint density at radius 1 is 1.17 bits per heavy atom. The summed E-state index contributed by atoms with van der Waals surface area (Å²) in [7, 11) is 0. The minimum atomic E-state index is -4.50. The number of hydrogen-bond acceptors (Lipinski definition) is 5. The van der Waals surface area contributed by atoms with Crippen LogP contribution in [0, 0.1) is 0 Å². The van der Waals surface area contributed by atoms with Gasteiger partial charge in [0.05, 0.1) is 5.56 Å². The predicted octanol–water partition coefficient (Wildman–Crippen LogP) is 2.91. The summed E-state index contributed by atoms with van der Waals surface area (Å²) in [6.45, 7) is 1.89. The molecule has 0 unspecified atom stereocenters. The molecule has 1 aliphatic rings. The number of nitrogens with zero attached hydrogens (tertiary/aromatic N) is 4. The average molecular weight is 356 g/mol. The molecule has 128 valence electrons. The summed E-state index contributed by atoms with van der Waals surface area (Å²) >= 11 is 1.45. The lowest BCUT2D eigenvalue weighted by molar-refractivity contribution is -0.141. The van der Waals surface area contributed by atoms with Crippen LogP contribution < -0.4 is 4.90 Å². The van der Waals surface area contributed by atoms with Gasteiger partial charge < -0.3 is 9.80 Å². The number of alkyl halides is 3. The minimum Gasteiger partial charge on any atom is -0.339 e. The van der Waals surface area contributed by atoms with Gasteiger partial charge in [-0.15, -0.1) is 0 Å². The molecule has 9 heteroatoms. The number of carbonyl (C=O) groups is 1. The van der Waals surface area contributed by atoms with Crippen molar-refractivity contribution in [1.82, 2.24) is 14.9 Å². The van der Waals surface area contributed by atoms with Crippen LogP contribution in [0.25, 0.3) is 0 Å². The number of hydrogen-bond donors (Lipinski definition) is 0. The Hall–Kier alpha value is -2.16. The standard InChI is InChI=1S/C15H15F3N4OS/c16-15(17,18)12-2-4-19-14(20-12)22-6-1-5-21(7-8-22)13(23)11-3-9-24-10-11/h2-4,9-10H,1,5-8H2. The van der Waals surface area contributed by atoms with E-state index >= 15 is 0 Å². The van der Waals surface area contributed by atoms with Gasteiger partial charge >= 0.3 is 6.18 Å². The highest BCUT2D eigenvalue weighted by Crippen LogP contribution is 2.28. The highest BCUT2D eigenvalue weighted by atomic mass is 32.1. The molecular weight excluding hydrogens is 341 g/mol. The first kappa shape index (κ1) is 16.7. The highest BCUT2D eigenvalue weighted by molar-refractivity contribution is 7.08. The van der Waals surface area contributed by atoms with Crippen molar-refractivity contribution in [3.8, 4) is 0 Å². The van der Waals surface area contributed by atoms with Crippen LogP contribution in [-0.2, 0) is 6.18 Å². The molecule has 24 heavy (non-hydrogen) atoms. The van der Waals surface area contributed by atoms with Gasteiger partial charge in [0.1, 0.15) is 5.69 Å². The molecule has 1 fully saturated rings. The molecule has 1 amide bonds. The second kappa shape index (κ2) is 6.76. The highest BCUT2D eigenvalue weighted by Gasteiger charge is 2.33. The zero-order valence-electron chi connectivity index (χ0n) is 12.7. The Balaban J connectivity index is 1.71. The molecule has 0 radical (unpaired) electrons. The lowest BCUT2D eigenvalue weighted by atomic mass is 10.3. The average Bonchev–Trinajstić information content (AvgIpc) is 2.98. The monoisotopic (exact) mass is 356 g/mol. The van der Waals surface area contributed by atoms with Crippen LogP contribution in [0.3, 0.4) is 0 Å². The summed E-state index contributed by atoms with van der Waals surface area (Å²) in [6, 6.07) is 2.62. The van der Waals surface area contributed by atoms with Gasteiger partial charge in [0, 0.05) is 37.8 Å². The largest absolute Gasteiger partial charge is 0.433 e. The molecule has 3 heterocycles. The van der Waals surface area contributed by atoms with E-state index in [9.17, 15) is 18.0 Å². The van der Waals surface area contributed by atoms with Crippen molar-refractivity contribution in [3.63, 3.8) is 0 Å². The fourth-order valence-corrected chi connectivity index (χ4v) is 3.18. The Labute approximate surface area is 140 Å². The Morgan fingerprint density at radius 3 is 2.71 bits per heavy atom. The van der Waals surface area contributed by atoms with Gasteiger partial charge in [0.15, 0.2) is 0 Å². The van der Waals surface area contributed by atoms with Crippen LogP contribution in [0.1, 0.15) is 22.5 Å². The van der Waals surface area contributed by atoms with E-state index in [1.54, 1.807) is 21.2 Å². The number of carbonyl (C=O) groups excluding carboxylic acids is 1. The van der Waals surface area contributed by atoms with Gasteiger partial charge in [-0.3, -0.25) is 4.79 Å². The SMILES string of the molecule is O=C(c1ccsc1)N1CCCN(c2nccc(C(F)(F)F)n2)CC1. The fraction of sp³-hybridized carbons (Fsp3) is 0.400. The van der Waals surface area contributed by atoms with Gasteiger partial charge in [-0.25, -0.2) is 9.97 Å². The van der Waals surface area contributed by atoms with E-state index in [1.807, 2.05) is 5.38 Å². The minimum absolute atomic E-state index is 0.0506. The first-order chi connectivity index (χ1) is 11.4. The quantitative estimate of drug-likeness (QED) is 0.830. The molecule has 5 nitrogen and oxygen atoms in total. The van der Waals surface area contributed by atoms with E-state index in [0.717, 1.165) is 12.3 Å². The third kappa shape index (κ3) is 3.66. The summed E-state index contributed by atoms with van der Waals surface area (Å²) in [5.41, 5.74) is -0.313. The molecule has 3 rings (SSSR count). The van der Waals surface area contributed by atoms with Crippen molar-refractivity contribution in [2.75, 3.05) is 31.1 Å². The molecular formula is C15H15F3N4OS. The number of anilines is 1. The molecule has 0 spiro atoms. The third-order valence-corrected chi connectivity index (χ3v) is 4.45. The first-order valence-corrected chi connectivity index (χ1v) is 8.36. The molecule has 1 aliphatic heterocycles. The topological polar surface area (TPSA) is 49.3 Å². The molecule has 0 saturated carbocycles. The maximum atomic E-state index is 12.8. The van der Waals surface area contributed by atoms with Gasteiger partial charge in [0.25, 0.3) is 5.91 Å². The molecule has 2 aromatic rings. The fourth-order valence-electron chi connectivity index (χ4n) is 2.55. The summed E-state index contributed by atoms with van der Waals surface area (Å²) < 4.78 is 38.3. The second-order valence-corrected chi connectivity index (χ2v) is 6.16. The lowest BCUT2D eigenvalue weighted by Gasteiger charge is -2.22. The van der Waals surface area contributed by atoms with Crippen LogP contribution >= 0.6 is 11.3 Å². The van der Waals surface area contributed by atoms with E-state index in [1.165, 1.54) is 11.3 Å². The van der Waals surface area contributed by atoms with E-state index in [-0.39, 0.29) is 11.9 Å². The van der Waals surface area contributed by atoms with E-state index in [2.05, 4.69) is 9.97 Å². The molecule has 0 bridgehead atoms. The molecule has 1 saturated heterocycles. The number of rotatable bonds is 2. The van der Waals surface area contributed by atoms with Crippen molar-refractivity contribution >= 4 is 23.2 Å². The number of halogens is 3. The van der Waals surface area contributed by atoms with Crippen molar-refractivity contribution in [3.05, 3.63) is 40.3 Å². The van der Waals surface area contributed by atoms with Crippen molar-refractivity contribution in [2.24, 2.45) is 0 Å². The van der Waals surface area contributed by atoms with Crippen molar-refractivity contribution in [2.45, 2.75) is 12.6 Å². The van der Waals surface area contributed by atoms with Crippen molar-refractivity contribution in [1.29, 1.82) is 0 Å². The summed E-state index contributed by atoms with van der Waals surface area (Å²) in [6.07, 6.45) is -2.73. The van der Waals surface area contributed by atoms with Gasteiger partial charge in [-0.1, -0.05) is 0 Å². The summed E-state index contributed by atoms with van der Waals surface area (Å²) in [5, 5.41) is 3.63. The molecule has 0 atom stereocenters. The van der Waals surface area contributed by atoms with E-state index < -0.39 is 11.9 Å². The Kier molecular flexibility index (Phi) is 4.70. The van der Waals surface area contributed by atoms with E-state index in [0.29, 0.717) is 38.2 Å². The van der Waals surface area contributed by atoms with Crippen molar-refractivity contribution < 1.29 is 18.0 Å². The Morgan fingerprint density at radius 2 is 2.00 bits per heavy atom. The van der Waals surface area contributed by atoms with E-state index in [4.69, 9.17) is 0 Å². The maximum Gasteiger partial charge on any atom is 0.433 e. The molecule has 0 N–H and O–H groups in total. The Bertz CT molecular complexity index is 705. The van der Waals surface area contributed by atoms with Gasteiger partial charge in [0.2, 0.25) is 5.95 Å². The summed E-state index contributed by atoms with van der Waals surface area (Å²) in [5.74, 6) is -0.00211. The predicted molar refractivity (Wildman–Crippen MR) is 84.1 cm³/mol. The number of amides is 1. The molecule has 2 aromatic heterocycles. The smallest absolute Gasteiger partial charge is 0.339 e. The first-order valence-electron chi connectivity index (χ1n) is 7.42. The van der Waals surface area contributed by atoms with Crippen LogP contribution in [0.4, 0.5) is 19.1 Å². The second-order valence-electron chi connectivity index (χ2n) is 5.38. The molecule has 0 aliphatic carbocycles. The van der Waals surface area contributed by atoms with Crippen LogP contribution in [0.5, 0.6) is 0 Å².